The van der Waals surface area contributed by atoms with Crippen LogP contribution in [0.4, 0.5) is 5.69 Å². The Balaban J connectivity index is 2.14. The van der Waals surface area contributed by atoms with E-state index in [0.29, 0.717) is 26.1 Å². The third-order valence-electron chi connectivity index (χ3n) is 3.01. The Hall–Kier alpha value is -2.04. The normalized spacial score (nSPS) is 15.0. The first-order valence-electron chi connectivity index (χ1n) is 6.46. The number of ether oxygens (including phenoxy) is 1. The summed E-state index contributed by atoms with van der Waals surface area (Å²) in [5.74, 6) is -0.392. The summed E-state index contributed by atoms with van der Waals surface area (Å²) in [6.07, 6.45) is 0.383. The number of nitrogens with zero attached hydrogens (tertiary/aromatic N) is 1. The topological polar surface area (TPSA) is 58.6 Å². The van der Waals surface area contributed by atoms with Crippen LogP contribution in [-0.4, -0.2) is 36.5 Å². The lowest BCUT2D eigenvalue weighted by atomic mass is 10.1. The van der Waals surface area contributed by atoms with Crippen molar-refractivity contribution < 1.29 is 14.3 Å². The molecule has 0 spiro atoms. The molecule has 0 aliphatic carbocycles. The number of amides is 1. The Morgan fingerprint density at radius 3 is 3.00 bits per heavy atom. The molecule has 0 atom stereocenters. The number of carbonyl (C=O) groups excluding carboxylic acids is 2. The van der Waals surface area contributed by atoms with Gasteiger partial charge < -0.3 is 15.0 Å². The van der Waals surface area contributed by atoms with Crippen LogP contribution in [0, 0.1) is 0 Å². The maximum atomic E-state index is 12.0. The number of esters is 1. The zero-order valence-corrected chi connectivity index (χ0v) is 11.0. The smallest absolute Gasteiger partial charge is 0.325 e. The summed E-state index contributed by atoms with van der Waals surface area (Å²) < 4.78 is 4.90. The fourth-order valence-corrected chi connectivity index (χ4v) is 2.09. The molecule has 5 nitrogen and oxygen atoms in total. The van der Waals surface area contributed by atoms with E-state index >= 15 is 0 Å². The third-order valence-corrected chi connectivity index (χ3v) is 3.01. The molecule has 0 fully saturated rings. The van der Waals surface area contributed by atoms with Gasteiger partial charge in [-0.1, -0.05) is 18.2 Å². The van der Waals surface area contributed by atoms with Crippen molar-refractivity contribution in [1.82, 2.24) is 4.90 Å². The van der Waals surface area contributed by atoms with Crippen LogP contribution in [-0.2, 0) is 20.9 Å². The second-order valence-corrected chi connectivity index (χ2v) is 4.39. The molecule has 1 N–H and O–H groups in total. The van der Waals surface area contributed by atoms with Gasteiger partial charge in [-0.05, 0) is 18.6 Å². The number of nitrogens with one attached hydrogen (secondary N) is 1. The quantitative estimate of drug-likeness (QED) is 0.836. The van der Waals surface area contributed by atoms with Crippen LogP contribution in [0.5, 0.6) is 0 Å². The Labute approximate surface area is 112 Å². The fourth-order valence-electron chi connectivity index (χ4n) is 2.09. The highest BCUT2D eigenvalue weighted by Gasteiger charge is 2.21. The Morgan fingerprint density at radius 2 is 2.21 bits per heavy atom. The first kappa shape index (κ1) is 13.4. The van der Waals surface area contributed by atoms with Gasteiger partial charge in [0.15, 0.2) is 0 Å². The van der Waals surface area contributed by atoms with Crippen LogP contribution >= 0.6 is 0 Å². The van der Waals surface area contributed by atoms with Crippen LogP contribution in [0.25, 0.3) is 0 Å². The molecule has 102 valence electrons. The van der Waals surface area contributed by atoms with E-state index in [-0.39, 0.29) is 18.4 Å². The summed E-state index contributed by atoms with van der Waals surface area (Å²) in [6, 6.07) is 7.81. The van der Waals surface area contributed by atoms with E-state index in [1.165, 1.54) is 0 Å². The summed E-state index contributed by atoms with van der Waals surface area (Å²) in [7, 11) is 0. The zero-order chi connectivity index (χ0) is 13.7. The fraction of sp³-hybridized carbons (Fsp3) is 0.429. The summed E-state index contributed by atoms with van der Waals surface area (Å²) in [6.45, 7) is 3.11. The number of hydrogen-bond donors (Lipinski definition) is 1. The minimum atomic E-state index is -0.359. The van der Waals surface area contributed by atoms with E-state index in [0.717, 1.165) is 11.3 Å². The molecule has 0 saturated heterocycles. The number of carbonyl (C=O) groups is 2. The van der Waals surface area contributed by atoms with E-state index in [9.17, 15) is 9.59 Å². The van der Waals surface area contributed by atoms with Crippen molar-refractivity contribution >= 4 is 17.6 Å². The molecule has 1 aromatic carbocycles. The van der Waals surface area contributed by atoms with Gasteiger partial charge in [-0.3, -0.25) is 9.59 Å². The summed E-state index contributed by atoms with van der Waals surface area (Å²) in [5.41, 5.74) is 2.03. The van der Waals surface area contributed by atoms with Crippen molar-refractivity contribution in [3.63, 3.8) is 0 Å². The van der Waals surface area contributed by atoms with E-state index in [2.05, 4.69) is 5.32 Å². The highest BCUT2D eigenvalue weighted by molar-refractivity contribution is 5.83. The number of anilines is 1. The van der Waals surface area contributed by atoms with Crippen LogP contribution in [0.15, 0.2) is 24.3 Å². The molecular weight excluding hydrogens is 244 g/mol. The van der Waals surface area contributed by atoms with Gasteiger partial charge in [0.2, 0.25) is 5.91 Å². The van der Waals surface area contributed by atoms with E-state index in [4.69, 9.17) is 4.74 Å². The first-order chi connectivity index (χ1) is 9.20. The lowest BCUT2D eigenvalue weighted by Crippen LogP contribution is -2.38. The van der Waals surface area contributed by atoms with Crippen LogP contribution in [0.3, 0.4) is 0 Å². The molecule has 5 heteroatoms. The highest BCUT2D eigenvalue weighted by Crippen LogP contribution is 2.19. The van der Waals surface area contributed by atoms with E-state index < -0.39 is 0 Å². The predicted molar refractivity (Wildman–Crippen MR) is 71.6 cm³/mol. The average molecular weight is 262 g/mol. The molecule has 1 heterocycles. The van der Waals surface area contributed by atoms with Crippen molar-refractivity contribution in [3.8, 4) is 0 Å². The van der Waals surface area contributed by atoms with Gasteiger partial charge in [-0.2, -0.15) is 0 Å². The molecule has 2 rings (SSSR count). The SMILES string of the molecule is CCOC(=O)CN1Cc2ccccc2NCCC1=O. The lowest BCUT2D eigenvalue weighted by Gasteiger charge is -2.26. The van der Waals surface area contributed by atoms with Gasteiger partial charge in [0.25, 0.3) is 0 Å². The largest absolute Gasteiger partial charge is 0.465 e. The van der Waals surface area contributed by atoms with Gasteiger partial charge in [-0.25, -0.2) is 0 Å². The van der Waals surface area contributed by atoms with Crippen molar-refractivity contribution in [1.29, 1.82) is 0 Å². The molecule has 0 unspecified atom stereocenters. The highest BCUT2D eigenvalue weighted by atomic mass is 16.5. The van der Waals surface area contributed by atoms with Crippen molar-refractivity contribution in [2.75, 3.05) is 25.0 Å². The van der Waals surface area contributed by atoms with Crippen LogP contribution in [0.1, 0.15) is 18.9 Å². The molecule has 0 bridgehead atoms. The van der Waals surface area contributed by atoms with Gasteiger partial charge in [0.1, 0.15) is 6.54 Å². The Bertz CT molecular complexity index is 474. The lowest BCUT2D eigenvalue weighted by molar-refractivity contribution is -0.149. The molecule has 1 aromatic rings. The third kappa shape index (κ3) is 3.47. The predicted octanol–water partition coefficient (Wildman–Crippen LogP) is 1.39. The minimum Gasteiger partial charge on any atom is -0.465 e. The van der Waals surface area contributed by atoms with E-state index in [1.807, 2.05) is 24.3 Å². The van der Waals surface area contributed by atoms with Gasteiger partial charge in [0.05, 0.1) is 6.61 Å². The summed E-state index contributed by atoms with van der Waals surface area (Å²) in [5, 5.41) is 3.23. The molecule has 19 heavy (non-hydrogen) atoms. The van der Waals surface area contributed by atoms with Crippen LogP contribution < -0.4 is 5.32 Å². The first-order valence-corrected chi connectivity index (χ1v) is 6.46. The van der Waals surface area contributed by atoms with Crippen molar-refractivity contribution in [3.05, 3.63) is 29.8 Å². The number of rotatable bonds is 3. The maximum Gasteiger partial charge on any atom is 0.325 e. The van der Waals surface area contributed by atoms with Crippen LogP contribution in [0.2, 0.25) is 0 Å². The number of fused-ring (bicyclic) bond motifs is 1. The Kier molecular flexibility index (Phi) is 4.39. The number of benzene rings is 1. The number of para-hydroxylation sites is 1. The van der Waals surface area contributed by atoms with Gasteiger partial charge >= 0.3 is 5.97 Å². The Morgan fingerprint density at radius 1 is 1.42 bits per heavy atom. The molecule has 0 aromatic heterocycles. The maximum absolute atomic E-state index is 12.0. The molecule has 1 amide bonds. The van der Waals surface area contributed by atoms with E-state index in [1.54, 1.807) is 11.8 Å². The van der Waals surface area contributed by atoms with Crippen molar-refractivity contribution in [2.24, 2.45) is 0 Å². The zero-order valence-electron chi connectivity index (χ0n) is 11.0. The van der Waals surface area contributed by atoms with Gasteiger partial charge in [-0.15, -0.1) is 0 Å². The molecular formula is C14H18N2O3. The summed E-state index contributed by atoms with van der Waals surface area (Å²) in [4.78, 5) is 25.1. The van der Waals surface area contributed by atoms with Crippen molar-refractivity contribution in [2.45, 2.75) is 19.9 Å². The molecule has 1 aliphatic rings. The van der Waals surface area contributed by atoms with Gasteiger partial charge in [0, 0.05) is 25.2 Å². The average Bonchev–Trinajstić information content (AvgIpc) is 2.38. The summed E-state index contributed by atoms with van der Waals surface area (Å²) >= 11 is 0. The molecule has 0 radical (unpaired) electrons. The number of hydrogen-bond acceptors (Lipinski definition) is 4. The second-order valence-electron chi connectivity index (χ2n) is 4.39. The molecule has 1 aliphatic heterocycles. The standard InChI is InChI=1S/C14H18N2O3/c1-2-19-14(18)10-16-9-11-5-3-4-6-12(11)15-8-7-13(16)17/h3-6,15H,2,7-10H2,1H3. The minimum absolute atomic E-state index is 0.0149. The monoisotopic (exact) mass is 262 g/mol. The molecule has 0 saturated carbocycles. The second kappa shape index (κ2) is 6.22.